The number of aromatic hydroxyl groups is 2. The first kappa shape index (κ1) is 28.1. The smallest absolute Gasteiger partial charge is 0.295 e. The molecule has 0 fully saturated rings. The molecular weight excluding hydrogens is 548 g/mol. The van der Waals surface area contributed by atoms with E-state index < -0.39 is 53.4 Å². The van der Waals surface area contributed by atoms with Gasteiger partial charge in [-0.15, -0.1) is 0 Å². The molecule has 0 spiro atoms. The number of phenols is 2. The first-order valence-electron chi connectivity index (χ1n) is 11.4. The summed E-state index contributed by atoms with van der Waals surface area (Å²) in [5.41, 5.74) is 0.399. The molecule has 0 aliphatic heterocycles. The lowest BCUT2D eigenvalue weighted by Gasteiger charge is -2.21. The minimum Gasteiger partial charge on any atom is -0.508 e. The van der Waals surface area contributed by atoms with Crippen LogP contribution in [0.4, 0.5) is 0 Å². The van der Waals surface area contributed by atoms with Crippen molar-refractivity contribution in [1.29, 1.82) is 10.8 Å². The van der Waals surface area contributed by atoms with Gasteiger partial charge >= 0.3 is 0 Å². The van der Waals surface area contributed by atoms with Crippen LogP contribution >= 0.6 is 0 Å². The van der Waals surface area contributed by atoms with E-state index in [2.05, 4.69) is 0 Å². The second-order valence-electron chi connectivity index (χ2n) is 8.74. The van der Waals surface area contributed by atoms with Gasteiger partial charge in [-0.05, 0) is 10.8 Å². The van der Waals surface area contributed by atoms with Gasteiger partial charge in [-0.3, -0.25) is 9.11 Å². The van der Waals surface area contributed by atoms with Crippen molar-refractivity contribution in [3.05, 3.63) is 71.8 Å². The Hall–Kier alpha value is -3.88. The molecule has 0 amide bonds. The second-order valence-corrected chi connectivity index (χ2v) is 11.5. The van der Waals surface area contributed by atoms with Crippen LogP contribution in [-0.4, -0.2) is 61.8 Å². The predicted molar refractivity (Wildman–Crippen MR) is 145 cm³/mol. The lowest BCUT2D eigenvalue weighted by molar-refractivity contribution is 0.130. The molecule has 0 aromatic heterocycles. The zero-order chi connectivity index (χ0) is 28.5. The molecule has 4 aromatic carbocycles. The lowest BCUT2D eigenvalue weighted by Crippen LogP contribution is -2.16. The molecule has 2 unspecified atom stereocenters. The minimum absolute atomic E-state index is 0.146. The number of hydrogen-bond acceptors (Lipinski definition) is 9. The number of benzene rings is 4. The molecule has 0 saturated carbocycles. The van der Waals surface area contributed by atoms with Crippen LogP contribution in [0.15, 0.2) is 70.5 Å². The quantitative estimate of drug-likeness (QED) is 0.119. The zero-order valence-corrected chi connectivity index (χ0v) is 21.8. The molecule has 39 heavy (non-hydrogen) atoms. The molecule has 0 aliphatic carbocycles. The monoisotopic (exact) mass is 572 g/mol. The van der Waals surface area contributed by atoms with Gasteiger partial charge < -0.3 is 25.8 Å². The molecule has 6 N–H and O–H groups in total. The third-order valence-corrected chi connectivity index (χ3v) is 8.13. The number of nitrogens with one attached hydrogen (secondary N) is 2. The topological polar surface area (TPSA) is 206 Å². The van der Waals surface area contributed by atoms with Gasteiger partial charge in [0.15, 0.2) is 0 Å². The van der Waals surface area contributed by atoms with Crippen LogP contribution in [0.1, 0.15) is 23.0 Å². The van der Waals surface area contributed by atoms with Crippen LogP contribution in [0.3, 0.4) is 0 Å². The average Bonchev–Trinajstić information content (AvgIpc) is 2.88. The van der Waals surface area contributed by atoms with Gasteiger partial charge in [-0.2, -0.15) is 16.8 Å². The molecule has 4 aromatic rings. The van der Waals surface area contributed by atoms with Crippen molar-refractivity contribution in [1.82, 2.24) is 0 Å². The Morgan fingerprint density at radius 3 is 1.31 bits per heavy atom. The molecule has 13 heteroatoms. The summed E-state index contributed by atoms with van der Waals surface area (Å²) in [7, 11) is -9.30. The van der Waals surface area contributed by atoms with Gasteiger partial charge in [0.25, 0.3) is 20.2 Å². The van der Waals surface area contributed by atoms with Crippen molar-refractivity contribution < 1.29 is 40.9 Å². The summed E-state index contributed by atoms with van der Waals surface area (Å²) >= 11 is 0. The van der Waals surface area contributed by atoms with Crippen LogP contribution < -0.4 is 0 Å². The van der Waals surface area contributed by atoms with E-state index in [0.29, 0.717) is 0 Å². The molecule has 0 bridgehead atoms. The minimum atomic E-state index is -4.65. The van der Waals surface area contributed by atoms with Crippen LogP contribution in [0, 0.1) is 10.8 Å². The highest BCUT2D eigenvalue weighted by molar-refractivity contribution is 7.86. The highest BCUT2D eigenvalue weighted by atomic mass is 32.2. The Kier molecular flexibility index (Phi) is 7.73. The number of hydrogen-bond donors (Lipinski definition) is 6. The van der Waals surface area contributed by atoms with E-state index in [9.17, 15) is 36.2 Å². The van der Waals surface area contributed by atoms with Crippen molar-refractivity contribution in [3.8, 4) is 11.5 Å². The Balaban J connectivity index is 1.67. The maximum absolute atomic E-state index is 11.8. The highest BCUT2D eigenvalue weighted by Gasteiger charge is 2.26. The van der Waals surface area contributed by atoms with Crippen molar-refractivity contribution in [2.45, 2.75) is 21.6 Å². The summed E-state index contributed by atoms with van der Waals surface area (Å²) in [6.07, 6.45) is 2.00. The molecule has 204 valence electrons. The van der Waals surface area contributed by atoms with Crippen molar-refractivity contribution >= 4 is 54.2 Å². The van der Waals surface area contributed by atoms with E-state index in [-0.39, 0.29) is 45.9 Å². The van der Waals surface area contributed by atoms with Gasteiger partial charge in [-0.1, -0.05) is 48.5 Å². The Morgan fingerprint density at radius 1 is 0.667 bits per heavy atom. The maximum Gasteiger partial charge on any atom is 0.295 e. The summed E-state index contributed by atoms with van der Waals surface area (Å²) in [6, 6.07) is 14.1. The van der Waals surface area contributed by atoms with Gasteiger partial charge in [0.1, 0.15) is 21.3 Å². The molecule has 0 saturated heterocycles. The van der Waals surface area contributed by atoms with Crippen molar-refractivity contribution in [3.63, 3.8) is 0 Å². The summed E-state index contributed by atoms with van der Waals surface area (Å²) in [5, 5.41) is 38.0. The Bertz CT molecular complexity index is 1690. The fourth-order valence-corrected chi connectivity index (χ4v) is 6.09. The van der Waals surface area contributed by atoms with Crippen LogP contribution in [0.2, 0.25) is 0 Å². The van der Waals surface area contributed by atoms with E-state index in [1.807, 2.05) is 0 Å². The maximum atomic E-state index is 11.8. The highest BCUT2D eigenvalue weighted by Crippen LogP contribution is 2.39. The largest absolute Gasteiger partial charge is 0.508 e. The molecule has 4 rings (SSSR count). The second kappa shape index (κ2) is 10.7. The molecule has 0 aliphatic rings. The van der Waals surface area contributed by atoms with Gasteiger partial charge in [0.05, 0.1) is 13.2 Å². The summed E-state index contributed by atoms with van der Waals surface area (Å²) in [5.74, 6) is -2.65. The molecule has 2 atom stereocenters. The Labute approximate surface area is 223 Å². The van der Waals surface area contributed by atoms with E-state index in [1.54, 1.807) is 24.3 Å². The van der Waals surface area contributed by atoms with Crippen LogP contribution in [0.5, 0.6) is 11.5 Å². The average molecular weight is 573 g/mol. The van der Waals surface area contributed by atoms with Gasteiger partial charge in [0, 0.05) is 58.3 Å². The zero-order valence-electron chi connectivity index (χ0n) is 20.1. The number of rotatable bonds is 10. The summed E-state index contributed by atoms with van der Waals surface area (Å²) < 4.78 is 72.4. The summed E-state index contributed by atoms with van der Waals surface area (Å²) in [6.45, 7) is -0.364. The number of ether oxygens (including phenoxy) is 1. The molecule has 11 nitrogen and oxygen atoms in total. The lowest BCUT2D eigenvalue weighted by atomic mass is 9.92. The third kappa shape index (κ3) is 5.48. The molecule has 0 heterocycles. The normalized spacial score (nSPS) is 13.8. The fourth-order valence-electron chi connectivity index (χ4n) is 4.66. The van der Waals surface area contributed by atoms with Gasteiger partial charge in [0.2, 0.25) is 0 Å². The number of fused-ring (bicyclic) bond motifs is 2. The van der Waals surface area contributed by atoms with Crippen molar-refractivity contribution in [2.75, 3.05) is 13.2 Å². The van der Waals surface area contributed by atoms with Crippen molar-refractivity contribution in [2.24, 2.45) is 0 Å². The number of phenolic OH excluding ortho intramolecular Hbond substituents is 2. The first-order valence-corrected chi connectivity index (χ1v) is 14.3. The molecule has 0 radical (unpaired) electrons. The molecular formula is C26H24N2O9S2. The first-order chi connectivity index (χ1) is 18.4. The SMILES string of the molecule is N=CC(COCC(C=N)c1c(O)cc(S(=O)(=O)O)c2ccccc12)c1c(O)cc(S(=O)(=O)O)c2ccccc12. The predicted octanol–water partition coefficient (Wildman–Crippen LogP) is 4.08. The third-order valence-electron chi connectivity index (χ3n) is 6.35. The van der Waals surface area contributed by atoms with E-state index in [4.69, 9.17) is 15.6 Å². The van der Waals surface area contributed by atoms with E-state index in [1.165, 1.54) is 24.3 Å². The van der Waals surface area contributed by atoms with Crippen LogP contribution in [-0.2, 0) is 25.0 Å². The van der Waals surface area contributed by atoms with E-state index in [0.717, 1.165) is 24.6 Å². The standard InChI is InChI=1S/C26H24N2O9S2/c27-11-15(25-19-7-3-1-5-17(19)23(9-21(25)29)38(31,32)33)13-37-14-16(12-28)26-20-8-4-2-6-18(20)24(10-22(26)30)39(34,35)36/h1-12,15-16,27-30H,13-14H2,(H,31,32,33)(H,34,35,36). The fraction of sp³-hybridized carbons (Fsp3) is 0.154. The van der Waals surface area contributed by atoms with Crippen LogP contribution in [0.25, 0.3) is 21.5 Å². The van der Waals surface area contributed by atoms with E-state index >= 15 is 0 Å². The Morgan fingerprint density at radius 2 is 1.00 bits per heavy atom. The van der Waals surface area contributed by atoms with Gasteiger partial charge in [-0.25, -0.2) is 0 Å². The summed E-state index contributed by atoms with van der Waals surface area (Å²) in [4.78, 5) is -0.966.